The van der Waals surface area contributed by atoms with Crippen molar-refractivity contribution < 1.29 is 17.0 Å². The molecule has 0 radical (unpaired) electrons. The summed E-state index contributed by atoms with van der Waals surface area (Å²) in [6, 6.07) is 13.9. The number of halogens is 1. The van der Waals surface area contributed by atoms with Crippen LogP contribution in [0.15, 0.2) is 53.5 Å². The summed E-state index contributed by atoms with van der Waals surface area (Å²) >= 11 is 1.43. The molecule has 2 aliphatic rings. The monoisotopic (exact) mass is 463 g/mol. The Morgan fingerprint density at radius 2 is 1.94 bits per heavy atom. The summed E-state index contributed by atoms with van der Waals surface area (Å²) in [7, 11) is 0.0173. The minimum atomic E-state index is -3.87. The molecule has 2 unspecified atom stereocenters. The lowest BCUT2D eigenvalue weighted by Gasteiger charge is -2.41. The number of thioether (sulfide) groups is 1. The quantitative estimate of drug-likeness (QED) is 0.626. The third-order valence-electron chi connectivity index (χ3n) is 5.47. The molecule has 1 fully saturated rings. The van der Waals surface area contributed by atoms with E-state index in [-0.39, 0.29) is 5.82 Å². The van der Waals surface area contributed by atoms with Gasteiger partial charge in [-0.05, 0) is 42.7 Å². The highest BCUT2D eigenvalue weighted by atomic mass is 32.2. The molecule has 0 aromatic heterocycles. The van der Waals surface area contributed by atoms with E-state index in [1.165, 1.54) is 23.9 Å². The van der Waals surface area contributed by atoms with Crippen LogP contribution in [0.1, 0.15) is 29.2 Å². The van der Waals surface area contributed by atoms with Gasteiger partial charge in [0, 0.05) is 38.4 Å². The molecule has 166 valence electrons. The highest BCUT2D eigenvalue weighted by Crippen LogP contribution is 2.57. The minimum absolute atomic E-state index is 0.377. The number of hydrogen-bond donors (Lipinski definition) is 0. The summed E-state index contributed by atoms with van der Waals surface area (Å²) in [5.74, 6) is -0.377. The molecule has 9 heteroatoms. The van der Waals surface area contributed by atoms with Crippen LogP contribution in [0.4, 0.5) is 10.1 Å². The number of fused-ring (bicyclic) bond motifs is 1. The van der Waals surface area contributed by atoms with E-state index in [1.807, 2.05) is 54.2 Å². The molecule has 0 spiro atoms. The molecule has 0 amide bonds. The number of anilines is 1. The Balaban J connectivity index is 1.96. The van der Waals surface area contributed by atoms with Gasteiger partial charge < -0.3 is 9.80 Å². The summed E-state index contributed by atoms with van der Waals surface area (Å²) < 4.78 is 45.3. The van der Waals surface area contributed by atoms with Crippen LogP contribution in [0, 0.1) is 5.82 Å². The zero-order chi connectivity index (χ0) is 22.2. The van der Waals surface area contributed by atoms with Crippen molar-refractivity contribution in [3.05, 3.63) is 65.5 Å². The highest BCUT2D eigenvalue weighted by molar-refractivity contribution is 8.14. The van der Waals surface area contributed by atoms with Crippen molar-refractivity contribution >= 4 is 32.7 Å². The van der Waals surface area contributed by atoms with Gasteiger partial charge in [0.2, 0.25) is 5.72 Å². The maximum Gasteiger partial charge on any atom is 0.267 e. The summed E-state index contributed by atoms with van der Waals surface area (Å²) in [5, 5.41) is 0.215. The van der Waals surface area contributed by atoms with Crippen LogP contribution < -0.4 is 4.90 Å². The molecule has 31 heavy (non-hydrogen) atoms. The molecule has 0 bridgehead atoms. The van der Waals surface area contributed by atoms with Crippen molar-refractivity contribution in [2.45, 2.75) is 23.8 Å². The lowest BCUT2D eigenvalue weighted by Crippen LogP contribution is -2.49. The first-order valence-electron chi connectivity index (χ1n) is 10.1. The minimum Gasteiger partial charge on any atom is -0.378 e. The van der Waals surface area contributed by atoms with Gasteiger partial charge in [-0.3, -0.25) is 4.99 Å². The molecule has 2 aromatic carbocycles. The molecule has 0 N–H and O–H groups in total. The van der Waals surface area contributed by atoms with Crippen LogP contribution in [0.2, 0.25) is 0 Å². The first kappa shape index (κ1) is 22.1. The van der Waals surface area contributed by atoms with Crippen molar-refractivity contribution in [2.75, 3.05) is 38.3 Å². The number of rotatable bonds is 5. The average molecular weight is 464 g/mol. The number of nitrogens with zero attached hydrogens (tertiary/aromatic N) is 3. The lowest BCUT2D eigenvalue weighted by molar-refractivity contribution is -0.0391. The maximum absolute atomic E-state index is 14.2. The van der Waals surface area contributed by atoms with Crippen LogP contribution in [0.5, 0.6) is 0 Å². The average Bonchev–Trinajstić information content (AvgIpc) is 2.85. The van der Waals surface area contributed by atoms with Gasteiger partial charge in [0.25, 0.3) is 10.1 Å². The van der Waals surface area contributed by atoms with Crippen molar-refractivity contribution in [3.8, 4) is 0 Å². The maximum atomic E-state index is 14.2. The van der Waals surface area contributed by atoms with Crippen molar-refractivity contribution in [3.63, 3.8) is 0 Å². The van der Waals surface area contributed by atoms with E-state index >= 15 is 0 Å². The van der Waals surface area contributed by atoms with Gasteiger partial charge in [-0.15, -0.1) is 0 Å². The van der Waals surface area contributed by atoms with Crippen LogP contribution in [-0.2, 0) is 20.0 Å². The Bertz CT molecular complexity index is 1090. The van der Waals surface area contributed by atoms with Gasteiger partial charge in [0.05, 0.1) is 11.5 Å². The molecule has 2 aliphatic heterocycles. The molecule has 1 saturated heterocycles. The second-order valence-corrected chi connectivity index (χ2v) is 10.6. The van der Waals surface area contributed by atoms with Crippen LogP contribution in [-0.4, -0.2) is 51.9 Å². The number of benzene rings is 2. The van der Waals surface area contributed by atoms with Gasteiger partial charge in [-0.2, -0.15) is 8.42 Å². The first-order chi connectivity index (χ1) is 14.7. The third kappa shape index (κ3) is 4.31. The van der Waals surface area contributed by atoms with E-state index < -0.39 is 21.1 Å². The van der Waals surface area contributed by atoms with Gasteiger partial charge in [-0.25, -0.2) is 8.57 Å². The predicted molar refractivity (Wildman–Crippen MR) is 123 cm³/mol. The van der Waals surface area contributed by atoms with E-state index in [0.29, 0.717) is 24.2 Å². The van der Waals surface area contributed by atoms with E-state index in [0.717, 1.165) is 30.0 Å². The molecule has 2 heterocycles. The van der Waals surface area contributed by atoms with E-state index in [1.54, 1.807) is 6.07 Å². The van der Waals surface area contributed by atoms with Gasteiger partial charge >= 0.3 is 0 Å². The Morgan fingerprint density at radius 1 is 1.19 bits per heavy atom. The van der Waals surface area contributed by atoms with Crippen LogP contribution in [0.25, 0.3) is 0 Å². The number of hydrogen-bond acceptors (Lipinski definition) is 7. The fraction of sp³-hybridized carbons (Fsp3) is 0.409. The summed E-state index contributed by atoms with van der Waals surface area (Å²) in [5.41, 5.74) is 0.967. The highest BCUT2D eigenvalue weighted by Gasteiger charge is 2.57. The standard InChI is InChI=1S/C22H26FN3O3S2/c1-25(2)19-11-9-17(10-12-19)22(29-31(3,27)28)20(16-7-6-8-18(23)15-16)30-21-24-13-4-5-14-26(21)22/h6-12,15,20H,4-5,13-14H2,1-3H3. The Kier molecular flexibility index (Phi) is 6.02. The summed E-state index contributed by atoms with van der Waals surface area (Å²) in [4.78, 5) is 8.63. The summed E-state index contributed by atoms with van der Waals surface area (Å²) in [6.07, 6.45) is 2.83. The first-order valence-corrected chi connectivity index (χ1v) is 12.8. The molecule has 4 rings (SSSR count). The molecular formula is C22H26FN3O3S2. The Labute approximate surface area is 187 Å². The molecule has 0 saturated carbocycles. The second kappa shape index (κ2) is 8.44. The molecule has 0 aliphatic carbocycles. The van der Waals surface area contributed by atoms with Crippen LogP contribution >= 0.6 is 11.8 Å². The Morgan fingerprint density at radius 3 is 2.58 bits per heavy atom. The van der Waals surface area contributed by atoms with Gasteiger partial charge in [0.15, 0.2) is 5.17 Å². The molecule has 2 aromatic rings. The van der Waals surface area contributed by atoms with E-state index in [2.05, 4.69) is 0 Å². The van der Waals surface area contributed by atoms with Gasteiger partial charge in [0.1, 0.15) is 5.82 Å². The van der Waals surface area contributed by atoms with Crippen molar-refractivity contribution in [1.82, 2.24) is 4.90 Å². The van der Waals surface area contributed by atoms with E-state index in [9.17, 15) is 12.8 Å². The zero-order valence-corrected chi connectivity index (χ0v) is 19.4. The largest absolute Gasteiger partial charge is 0.378 e. The molecule has 2 atom stereocenters. The smallest absolute Gasteiger partial charge is 0.267 e. The topological polar surface area (TPSA) is 62.2 Å². The van der Waals surface area contributed by atoms with Crippen LogP contribution in [0.3, 0.4) is 0 Å². The fourth-order valence-corrected chi connectivity index (χ4v) is 6.40. The molecule has 6 nitrogen and oxygen atoms in total. The van der Waals surface area contributed by atoms with Gasteiger partial charge in [-0.1, -0.05) is 36.0 Å². The number of amidine groups is 1. The second-order valence-electron chi connectivity index (χ2n) is 8.00. The van der Waals surface area contributed by atoms with Crippen molar-refractivity contribution in [2.24, 2.45) is 4.99 Å². The molecular weight excluding hydrogens is 437 g/mol. The fourth-order valence-electron chi connectivity index (χ4n) is 4.11. The van der Waals surface area contributed by atoms with E-state index in [4.69, 9.17) is 9.18 Å². The third-order valence-corrected chi connectivity index (χ3v) is 7.42. The number of aliphatic imine (C=N–C) groups is 1. The SMILES string of the molecule is CN(C)c1ccc(C2(OS(C)(=O)=O)C(c3cccc(F)c3)SC3=NCCCCN32)cc1. The Hall–Kier alpha value is -2.10. The normalized spacial score (nSPS) is 23.8. The summed E-state index contributed by atoms with van der Waals surface area (Å²) in [6.45, 7) is 1.27. The zero-order valence-electron chi connectivity index (χ0n) is 17.8. The van der Waals surface area contributed by atoms with Crippen molar-refractivity contribution in [1.29, 1.82) is 0 Å². The predicted octanol–water partition coefficient (Wildman–Crippen LogP) is 3.96. The lowest BCUT2D eigenvalue weighted by atomic mass is 9.92.